The summed E-state index contributed by atoms with van der Waals surface area (Å²) in [4.78, 5) is 16.1. The molecule has 3 heterocycles. The average Bonchev–Trinajstić information content (AvgIpc) is 3.68. The van der Waals surface area contributed by atoms with E-state index in [1.54, 1.807) is 0 Å². The molecule has 0 fully saturated rings. The first-order valence-electron chi connectivity index (χ1n) is 19.2. The van der Waals surface area contributed by atoms with Gasteiger partial charge in [-0.05, 0) is 46.5 Å². The van der Waals surface area contributed by atoms with Crippen LogP contribution in [0.1, 0.15) is 0 Å². The van der Waals surface area contributed by atoms with Crippen LogP contribution in [-0.4, -0.2) is 15.0 Å². The highest BCUT2D eigenvalue weighted by molar-refractivity contribution is 6.29. The van der Waals surface area contributed by atoms with Crippen molar-refractivity contribution < 1.29 is 4.42 Å². The molecule has 0 radical (unpaired) electrons. The summed E-state index contributed by atoms with van der Waals surface area (Å²) in [5, 5.41) is 5.41. The lowest BCUT2D eigenvalue weighted by atomic mass is 9.94. The zero-order chi connectivity index (χ0) is 37.7. The van der Waals surface area contributed by atoms with Crippen LogP contribution in [0, 0.1) is 0 Å². The van der Waals surface area contributed by atoms with Crippen molar-refractivity contribution in [3.8, 4) is 67.4 Å². The Hall–Kier alpha value is -7.69. The van der Waals surface area contributed by atoms with Gasteiger partial charge in [0, 0.05) is 49.2 Å². The lowest BCUT2D eigenvalue weighted by Crippen LogP contribution is -1.98. The first-order valence-corrected chi connectivity index (χ1v) is 19.2. The number of para-hydroxylation sites is 2. The predicted octanol–water partition coefficient (Wildman–Crippen LogP) is 14.1. The summed E-state index contributed by atoms with van der Waals surface area (Å²) in [6.45, 7) is 0. The minimum Gasteiger partial charge on any atom is -0.456 e. The highest BCUT2D eigenvalue weighted by atomic mass is 16.3. The fourth-order valence-electron chi connectivity index (χ4n) is 8.12. The fraction of sp³-hybridized carbons (Fsp3) is 0. The fourth-order valence-corrected chi connectivity index (χ4v) is 8.12. The van der Waals surface area contributed by atoms with Crippen LogP contribution < -0.4 is 0 Å². The van der Waals surface area contributed by atoms with Crippen LogP contribution in [0.3, 0.4) is 0 Å². The third-order valence-corrected chi connectivity index (χ3v) is 10.9. The Morgan fingerprint density at radius 2 is 0.860 bits per heavy atom. The minimum atomic E-state index is 0.651. The molecule has 8 aromatic carbocycles. The first-order chi connectivity index (χ1) is 28.2. The molecule has 0 atom stereocenters. The van der Waals surface area contributed by atoms with E-state index in [2.05, 4.69) is 170 Å². The first kappa shape index (κ1) is 32.7. The summed E-state index contributed by atoms with van der Waals surface area (Å²) in [5.74, 6) is 0.651. The molecule has 0 amide bonds. The molecular weight excluding hydrogens is 695 g/mol. The van der Waals surface area contributed by atoms with E-state index in [4.69, 9.17) is 19.4 Å². The van der Waals surface area contributed by atoms with Gasteiger partial charge < -0.3 is 4.42 Å². The lowest BCUT2D eigenvalue weighted by Gasteiger charge is -2.15. The summed E-state index contributed by atoms with van der Waals surface area (Å²) in [5.41, 5.74) is 13.7. The van der Waals surface area contributed by atoms with E-state index in [-0.39, 0.29) is 0 Å². The molecule has 0 saturated carbocycles. The second-order valence-corrected chi connectivity index (χ2v) is 14.3. The number of hydrogen-bond acceptors (Lipinski definition) is 4. The number of aromatic nitrogens is 3. The molecule has 0 saturated heterocycles. The van der Waals surface area contributed by atoms with Gasteiger partial charge in [0.25, 0.3) is 0 Å². The number of benzene rings is 8. The molecular formula is C53H33N3O. The van der Waals surface area contributed by atoms with Crippen LogP contribution >= 0.6 is 0 Å². The van der Waals surface area contributed by atoms with Crippen molar-refractivity contribution in [1.82, 2.24) is 15.0 Å². The van der Waals surface area contributed by atoms with Gasteiger partial charge in [0.15, 0.2) is 5.82 Å². The van der Waals surface area contributed by atoms with Crippen LogP contribution in [0.25, 0.3) is 111 Å². The maximum Gasteiger partial charge on any atom is 0.160 e. The number of fused-ring (bicyclic) bond motifs is 7. The Morgan fingerprint density at radius 3 is 1.54 bits per heavy atom. The van der Waals surface area contributed by atoms with Gasteiger partial charge in [-0.2, -0.15) is 0 Å². The Bertz CT molecular complexity index is 3150. The monoisotopic (exact) mass is 727 g/mol. The Kier molecular flexibility index (Phi) is 7.78. The molecule has 0 bridgehead atoms. The Balaban J connectivity index is 1.16. The molecule has 0 aliphatic carbocycles. The molecule has 266 valence electrons. The summed E-state index contributed by atoms with van der Waals surface area (Å²) in [6, 6.07) is 69.5. The van der Waals surface area contributed by atoms with Crippen molar-refractivity contribution in [2.75, 3.05) is 0 Å². The molecule has 4 heteroatoms. The molecule has 11 rings (SSSR count). The standard InChI is InChI=1S/C53H33N3O/c1-4-13-34(14-5-1)36-23-27-38(28-24-36)45-33-46(55-53(54-45)40-29-25-37(26-30-40)35-15-6-2-7-16-35)41-20-12-21-43-49-44(51(56-52(41)43)39-17-8-3-9-18-39)31-32-48-50(49)42-19-10-11-22-47(42)57-48/h1-33H. The predicted molar refractivity (Wildman–Crippen MR) is 235 cm³/mol. The topological polar surface area (TPSA) is 51.8 Å². The van der Waals surface area contributed by atoms with Crippen molar-refractivity contribution in [3.05, 3.63) is 200 Å². The van der Waals surface area contributed by atoms with Gasteiger partial charge in [-0.15, -0.1) is 0 Å². The summed E-state index contributed by atoms with van der Waals surface area (Å²) < 4.78 is 6.43. The molecule has 0 aliphatic heterocycles. The van der Waals surface area contributed by atoms with Gasteiger partial charge in [-0.1, -0.05) is 176 Å². The van der Waals surface area contributed by atoms with E-state index in [0.717, 1.165) is 94.1 Å². The summed E-state index contributed by atoms with van der Waals surface area (Å²) >= 11 is 0. The SMILES string of the molecule is c1ccc(-c2ccc(-c3cc(-c4cccc5c4nc(-c4ccccc4)c4ccc6oc7ccccc7c6c45)nc(-c4ccc(-c5ccccc5)cc4)n3)cc2)cc1. The van der Waals surface area contributed by atoms with E-state index in [1.165, 1.54) is 11.1 Å². The molecule has 57 heavy (non-hydrogen) atoms. The van der Waals surface area contributed by atoms with Gasteiger partial charge >= 0.3 is 0 Å². The Morgan fingerprint density at radius 1 is 0.316 bits per heavy atom. The van der Waals surface area contributed by atoms with E-state index in [0.29, 0.717) is 5.82 Å². The van der Waals surface area contributed by atoms with Crippen LogP contribution in [0.4, 0.5) is 0 Å². The van der Waals surface area contributed by atoms with Crippen LogP contribution in [0.15, 0.2) is 205 Å². The van der Waals surface area contributed by atoms with Crippen LogP contribution in [0.2, 0.25) is 0 Å². The van der Waals surface area contributed by atoms with E-state index in [1.807, 2.05) is 30.3 Å². The zero-order valence-corrected chi connectivity index (χ0v) is 30.8. The molecule has 0 N–H and O–H groups in total. The number of furan rings is 1. The Labute approximate surface area is 329 Å². The van der Waals surface area contributed by atoms with E-state index >= 15 is 0 Å². The van der Waals surface area contributed by atoms with Crippen LogP contribution in [0.5, 0.6) is 0 Å². The van der Waals surface area contributed by atoms with Crippen molar-refractivity contribution in [2.45, 2.75) is 0 Å². The molecule has 11 aromatic rings. The summed E-state index contributed by atoms with van der Waals surface area (Å²) in [6.07, 6.45) is 0. The molecule has 0 spiro atoms. The maximum atomic E-state index is 6.43. The number of hydrogen-bond donors (Lipinski definition) is 0. The van der Waals surface area contributed by atoms with Gasteiger partial charge in [0.1, 0.15) is 11.2 Å². The van der Waals surface area contributed by atoms with E-state index in [9.17, 15) is 0 Å². The normalized spacial score (nSPS) is 11.5. The minimum absolute atomic E-state index is 0.651. The van der Waals surface area contributed by atoms with Crippen molar-refractivity contribution >= 4 is 43.6 Å². The second kappa shape index (κ2) is 13.6. The van der Waals surface area contributed by atoms with Crippen molar-refractivity contribution in [2.24, 2.45) is 0 Å². The number of rotatable bonds is 6. The van der Waals surface area contributed by atoms with Gasteiger partial charge in [-0.25, -0.2) is 15.0 Å². The summed E-state index contributed by atoms with van der Waals surface area (Å²) in [7, 11) is 0. The molecule has 0 unspecified atom stereocenters. The van der Waals surface area contributed by atoms with Crippen LogP contribution in [-0.2, 0) is 0 Å². The second-order valence-electron chi connectivity index (χ2n) is 14.3. The van der Waals surface area contributed by atoms with Crippen molar-refractivity contribution in [3.63, 3.8) is 0 Å². The van der Waals surface area contributed by atoms with E-state index < -0.39 is 0 Å². The van der Waals surface area contributed by atoms with Gasteiger partial charge in [0.2, 0.25) is 0 Å². The largest absolute Gasteiger partial charge is 0.456 e. The van der Waals surface area contributed by atoms with Crippen molar-refractivity contribution in [1.29, 1.82) is 0 Å². The highest BCUT2D eigenvalue weighted by Gasteiger charge is 2.20. The van der Waals surface area contributed by atoms with Gasteiger partial charge in [0.05, 0.1) is 22.6 Å². The molecule has 0 aliphatic rings. The average molecular weight is 728 g/mol. The molecule has 3 aromatic heterocycles. The zero-order valence-electron chi connectivity index (χ0n) is 30.8. The molecule has 4 nitrogen and oxygen atoms in total. The van der Waals surface area contributed by atoms with Gasteiger partial charge in [-0.3, -0.25) is 0 Å². The quantitative estimate of drug-likeness (QED) is 0.160. The highest BCUT2D eigenvalue weighted by Crippen LogP contribution is 2.43. The smallest absolute Gasteiger partial charge is 0.160 e. The maximum absolute atomic E-state index is 6.43. The third-order valence-electron chi connectivity index (χ3n) is 10.9. The number of nitrogens with zero attached hydrogens (tertiary/aromatic N) is 3. The third kappa shape index (κ3) is 5.74. The number of pyridine rings is 1. The lowest BCUT2D eigenvalue weighted by molar-refractivity contribution is 0.669.